The van der Waals surface area contributed by atoms with Crippen LogP contribution in [0.5, 0.6) is 5.75 Å². The number of rotatable bonds is 6. The molecular formula is C26H31N5O2. The van der Waals surface area contributed by atoms with Gasteiger partial charge in [0, 0.05) is 17.4 Å². The summed E-state index contributed by atoms with van der Waals surface area (Å²) in [5.74, 6) is 0.901. The smallest absolute Gasteiger partial charge is 0.235 e. The van der Waals surface area contributed by atoms with Gasteiger partial charge in [-0.3, -0.25) is 9.89 Å². The van der Waals surface area contributed by atoms with Gasteiger partial charge in [0.25, 0.3) is 0 Å². The van der Waals surface area contributed by atoms with Crippen molar-refractivity contribution in [2.24, 2.45) is 0 Å². The number of amides is 1. The number of carbonyl (C=O) groups is 1. The Morgan fingerprint density at radius 2 is 1.61 bits per heavy atom. The fraction of sp³-hybridized carbons (Fsp3) is 0.385. The van der Waals surface area contributed by atoms with Crippen LogP contribution in [0.15, 0.2) is 60.9 Å². The number of nitrogens with one attached hydrogen (secondary N) is 4. The van der Waals surface area contributed by atoms with Gasteiger partial charge in [0.15, 0.2) is 0 Å². The number of aromatic amines is 1. The SMILES string of the molecule is O=C(Nc1ccc(OC2CCNCC2)cc1)C1(c2ccc(-c3cn[nH]c3)cc2)CCNCC1. The molecule has 0 saturated carbocycles. The van der Waals surface area contributed by atoms with Crippen LogP contribution in [0.2, 0.25) is 0 Å². The first-order valence-electron chi connectivity index (χ1n) is 11.8. The molecule has 0 bridgehead atoms. The van der Waals surface area contributed by atoms with Crippen molar-refractivity contribution < 1.29 is 9.53 Å². The van der Waals surface area contributed by atoms with Gasteiger partial charge in [0.05, 0.1) is 11.6 Å². The zero-order valence-electron chi connectivity index (χ0n) is 18.8. The summed E-state index contributed by atoms with van der Waals surface area (Å²) < 4.78 is 6.09. The standard InChI is InChI=1S/C26H31N5O2/c32-25(31-22-5-7-23(8-6-22)33-24-9-13-27-14-10-24)26(11-15-28-16-12-26)21-3-1-19(2-4-21)20-17-29-30-18-20/h1-8,17-18,24,27-28H,9-16H2,(H,29,30)(H,31,32). The van der Waals surface area contributed by atoms with E-state index in [-0.39, 0.29) is 12.0 Å². The topological polar surface area (TPSA) is 91.1 Å². The molecule has 5 rings (SSSR count). The first-order chi connectivity index (χ1) is 16.2. The predicted octanol–water partition coefficient (Wildman–Crippen LogP) is 3.47. The van der Waals surface area contributed by atoms with Crippen LogP contribution >= 0.6 is 0 Å². The van der Waals surface area contributed by atoms with Gasteiger partial charge in [0.2, 0.25) is 5.91 Å². The minimum absolute atomic E-state index is 0.0482. The second-order valence-electron chi connectivity index (χ2n) is 8.94. The van der Waals surface area contributed by atoms with Crippen molar-refractivity contribution in [1.29, 1.82) is 0 Å². The molecule has 0 unspecified atom stereocenters. The fourth-order valence-electron chi connectivity index (χ4n) is 4.86. The Balaban J connectivity index is 1.31. The minimum atomic E-state index is -0.551. The maximum atomic E-state index is 13.6. The van der Waals surface area contributed by atoms with Crippen molar-refractivity contribution >= 4 is 11.6 Å². The van der Waals surface area contributed by atoms with Crippen LogP contribution in [-0.4, -0.2) is 48.4 Å². The van der Waals surface area contributed by atoms with Crippen molar-refractivity contribution in [3.8, 4) is 16.9 Å². The lowest BCUT2D eigenvalue weighted by molar-refractivity contribution is -0.122. The monoisotopic (exact) mass is 445 g/mol. The highest BCUT2D eigenvalue weighted by atomic mass is 16.5. The quantitative estimate of drug-likeness (QED) is 0.466. The van der Waals surface area contributed by atoms with Gasteiger partial charge in [-0.25, -0.2) is 0 Å². The van der Waals surface area contributed by atoms with Gasteiger partial charge in [-0.2, -0.15) is 5.10 Å². The van der Waals surface area contributed by atoms with Gasteiger partial charge < -0.3 is 20.7 Å². The molecule has 3 heterocycles. The molecule has 2 fully saturated rings. The third-order valence-electron chi connectivity index (χ3n) is 6.86. The molecule has 7 heteroatoms. The van der Waals surface area contributed by atoms with Crippen LogP contribution in [0, 0.1) is 0 Å². The normalized spacial score (nSPS) is 18.5. The van der Waals surface area contributed by atoms with E-state index in [4.69, 9.17) is 4.74 Å². The fourth-order valence-corrected chi connectivity index (χ4v) is 4.86. The molecule has 1 aromatic heterocycles. The van der Waals surface area contributed by atoms with E-state index in [9.17, 15) is 4.79 Å². The maximum Gasteiger partial charge on any atom is 0.235 e. The van der Waals surface area contributed by atoms with E-state index in [0.717, 1.165) is 80.0 Å². The number of anilines is 1. The lowest BCUT2D eigenvalue weighted by atomic mass is 9.72. The Morgan fingerprint density at radius 1 is 0.909 bits per heavy atom. The number of nitrogens with zero attached hydrogens (tertiary/aromatic N) is 1. The number of piperidine rings is 2. The molecule has 0 radical (unpaired) electrons. The third-order valence-corrected chi connectivity index (χ3v) is 6.86. The number of aromatic nitrogens is 2. The second kappa shape index (κ2) is 9.77. The summed E-state index contributed by atoms with van der Waals surface area (Å²) in [6.07, 6.45) is 7.51. The molecule has 4 N–H and O–H groups in total. The molecule has 0 atom stereocenters. The molecule has 2 aliphatic heterocycles. The highest BCUT2D eigenvalue weighted by molar-refractivity contribution is 5.99. The molecular weight excluding hydrogens is 414 g/mol. The number of carbonyl (C=O) groups excluding carboxylic acids is 1. The second-order valence-corrected chi connectivity index (χ2v) is 8.94. The molecule has 7 nitrogen and oxygen atoms in total. The van der Waals surface area contributed by atoms with Gasteiger partial charge in [-0.15, -0.1) is 0 Å². The Morgan fingerprint density at radius 3 is 2.27 bits per heavy atom. The lowest BCUT2D eigenvalue weighted by Crippen LogP contribution is -2.48. The van der Waals surface area contributed by atoms with E-state index in [0.29, 0.717) is 0 Å². The van der Waals surface area contributed by atoms with Crippen molar-refractivity contribution in [1.82, 2.24) is 20.8 Å². The average Bonchev–Trinajstić information content (AvgIpc) is 3.42. The van der Waals surface area contributed by atoms with Crippen LogP contribution in [0.3, 0.4) is 0 Å². The van der Waals surface area contributed by atoms with E-state index in [1.165, 1.54) is 0 Å². The van der Waals surface area contributed by atoms with E-state index in [2.05, 4.69) is 50.4 Å². The summed E-state index contributed by atoms with van der Waals surface area (Å²) in [7, 11) is 0. The summed E-state index contributed by atoms with van der Waals surface area (Å²) in [5, 5.41) is 16.8. The Kier molecular flexibility index (Phi) is 6.41. The average molecular weight is 446 g/mol. The van der Waals surface area contributed by atoms with E-state index < -0.39 is 5.41 Å². The zero-order chi connectivity index (χ0) is 22.5. The Hall–Kier alpha value is -3.16. The number of hydrogen-bond donors (Lipinski definition) is 4. The molecule has 0 aliphatic carbocycles. The Labute approximate surface area is 194 Å². The Bertz CT molecular complexity index is 1040. The van der Waals surface area contributed by atoms with E-state index in [1.54, 1.807) is 6.20 Å². The summed E-state index contributed by atoms with van der Waals surface area (Å²) >= 11 is 0. The van der Waals surface area contributed by atoms with Crippen LogP contribution in [-0.2, 0) is 10.2 Å². The molecule has 2 aliphatic rings. The molecule has 1 amide bonds. The van der Waals surface area contributed by atoms with Gasteiger partial charge >= 0.3 is 0 Å². The molecule has 33 heavy (non-hydrogen) atoms. The van der Waals surface area contributed by atoms with Gasteiger partial charge in [0.1, 0.15) is 11.9 Å². The molecule has 172 valence electrons. The largest absolute Gasteiger partial charge is 0.490 e. The first kappa shape index (κ1) is 21.7. The van der Waals surface area contributed by atoms with E-state index in [1.807, 2.05) is 30.5 Å². The van der Waals surface area contributed by atoms with Crippen LogP contribution in [0.1, 0.15) is 31.2 Å². The van der Waals surface area contributed by atoms with E-state index >= 15 is 0 Å². The van der Waals surface area contributed by atoms with Crippen LogP contribution < -0.4 is 20.7 Å². The number of hydrogen-bond acceptors (Lipinski definition) is 5. The van der Waals surface area contributed by atoms with Crippen molar-refractivity contribution in [2.45, 2.75) is 37.2 Å². The van der Waals surface area contributed by atoms with Gasteiger partial charge in [-0.05, 0) is 87.3 Å². The molecule has 2 aromatic carbocycles. The number of H-pyrrole nitrogens is 1. The zero-order valence-corrected chi connectivity index (χ0v) is 18.8. The summed E-state index contributed by atoms with van der Waals surface area (Å²) in [6, 6.07) is 16.1. The van der Waals surface area contributed by atoms with Crippen molar-refractivity contribution in [3.05, 3.63) is 66.5 Å². The molecule has 3 aromatic rings. The van der Waals surface area contributed by atoms with Crippen molar-refractivity contribution in [2.75, 3.05) is 31.5 Å². The number of ether oxygens (including phenoxy) is 1. The highest BCUT2D eigenvalue weighted by Crippen LogP contribution is 2.36. The van der Waals surface area contributed by atoms with Crippen LogP contribution in [0.25, 0.3) is 11.1 Å². The van der Waals surface area contributed by atoms with Crippen LogP contribution in [0.4, 0.5) is 5.69 Å². The number of benzene rings is 2. The summed E-state index contributed by atoms with van der Waals surface area (Å²) in [6.45, 7) is 3.64. The maximum absolute atomic E-state index is 13.6. The minimum Gasteiger partial charge on any atom is -0.490 e. The molecule has 2 saturated heterocycles. The molecule has 0 spiro atoms. The summed E-state index contributed by atoms with van der Waals surface area (Å²) in [4.78, 5) is 13.6. The highest BCUT2D eigenvalue weighted by Gasteiger charge is 2.41. The first-order valence-corrected chi connectivity index (χ1v) is 11.8. The van der Waals surface area contributed by atoms with Crippen molar-refractivity contribution in [3.63, 3.8) is 0 Å². The van der Waals surface area contributed by atoms with Gasteiger partial charge in [-0.1, -0.05) is 24.3 Å². The summed E-state index contributed by atoms with van der Waals surface area (Å²) in [5.41, 5.74) is 3.42. The predicted molar refractivity (Wildman–Crippen MR) is 129 cm³/mol. The third kappa shape index (κ3) is 4.79. The lowest BCUT2D eigenvalue weighted by Gasteiger charge is -2.37.